The van der Waals surface area contributed by atoms with Crippen LogP contribution in [0.1, 0.15) is 24.1 Å². The van der Waals surface area contributed by atoms with Crippen LogP contribution in [-0.2, 0) is 6.42 Å². The lowest BCUT2D eigenvalue weighted by Crippen LogP contribution is -2.10. The molecule has 2 heteroatoms. The van der Waals surface area contributed by atoms with E-state index in [1.807, 2.05) is 25.3 Å². The minimum absolute atomic E-state index is 0.392. The van der Waals surface area contributed by atoms with E-state index in [0.717, 1.165) is 30.5 Å². The fourth-order valence-corrected chi connectivity index (χ4v) is 1.30. The van der Waals surface area contributed by atoms with E-state index < -0.39 is 5.60 Å². The first-order valence-corrected chi connectivity index (χ1v) is 4.32. The number of hydrogen-bond acceptors (Lipinski definition) is 2. The van der Waals surface area contributed by atoms with Crippen molar-refractivity contribution in [1.82, 2.24) is 4.98 Å². The molecular formula is C10H13NO. The van der Waals surface area contributed by atoms with Crippen molar-refractivity contribution in [2.75, 3.05) is 0 Å². The van der Waals surface area contributed by atoms with Crippen molar-refractivity contribution < 1.29 is 5.11 Å². The molecule has 1 heterocycles. The molecule has 2 rings (SSSR count). The molecule has 1 aromatic heterocycles. The van der Waals surface area contributed by atoms with E-state index in [2.05, 4.69) is 4.98 Å². The maximum atomic E-state index is 9.62. The Bertz CT molecular complexity index is 274. The highest BCUT2D eigenvalue weighted by Gasteiger charge is 2.40. The van der Waals surface area contributed by atoms with Gasteiger partial charge in [-0.05, 0) is 31.4 Å². The monoisotopic (exact) mass is 163 g/mol. The molecule has 0 unspecified atom stereocenters. The normalized spacial score (nSPS) is 19.2. The first-order chi connectivity index (χ1) is 5.68. The second-order valence-electron chi connectivity index (χ2n) is 3.71. The summed E-state index contributed by atoms with van der Waals surface area (Å²) in [4.78, 5) is 4.18. The third-order valence-corrected chi connectivity index (χ3v) is 2.33. The van der Waals surface area contributed by atoms with Gasteiger partial charge in [0.1, 0.15) is 0 Å². The molecule has 64 valence electrons. The van der Waals surface area contributed by atoms with Gasteiger partial charge < -0.3 is 5.11 Å². The summed E-state index contributed by atoms with van der Waals surface area (Å²) >= 11 is 0. The maximum Gasteiger partial charge on any atom is 0.0690 e. The highest BCUT2D eigenvalue weighted by atomic mass is 16.3. The molecule has 1 aromatic rings. The Labute approximate surface area is 72.3 Å². The van der Waals surface area contributed by atoms with Gasteiger partial charge in [0.2, 0.25) is 0 Å². The molecule has 0 saturated heterocycles. The zero-order valence-corrected chi connectivity index (χ0v) is 7.25. The van der Waals surface area contributed by atoms with Gasteiger partial charge in [-0.25, -0.2) is 0 Å². The van der Waals surface area contributed by atoms with Crippen LogP contribution in [0.25, 0.3) is 0 Å². The number of aryl methyl sites for hydroxylation is 1. The third kappa shape index (κ3) is 1.64. The zero-order chi connectivity index (χ0) is 8.60. The summed E-state index contributed by atoms with van der Waals surface area (Å²) in [6.07, 6.45) is 4.51. The smallest absolute Gasteiger partial charge is 0.0690 e. The number of nitrogens with zero attached hydrogens (tertiary/aromatic N) is 1. The van der Waals surface area contributed by atoms with E-state index in [-0.39, 0.29) is 0 Å². The van der Waals surface area contributed by atoms with Crippen LogP contribution in [0.5, 0.6) is 0 Å². The van der Waals surface area contributed by atoms with Gasteiger partial charge in [-0.1, -0.05) is 6.07 Å². The van der Waals surface area contributed by atoms with Gasteiger partial charge in [-0.2, -0.15) is 0 Å². The van der Waals surface area contributed by atoms with Crippen molar-refractivity contribution in [3.8, 4) is 0 Å². The molecule has 1 fully saturated rings. The van der Waals surface area contributed by atoms with Crippen molar-refractivity contribution in [1.29, 1.82) is 0 Å². The number of rotatable bonds is 2. The van der Waals surface area contributed by atoms with E-state index in [1.54, 1.807) is 0 Å². The van der Waals surface area contributed by atoms with Crippen LogP contribution in [-0.4, -0.2) is 15.7 Å². The van der Waals surface area contributed by atoms with Gasteiger partial charge in [-0.3, -0.25) is 4.98 Å². The number of pyridine rings is 1. The Hall–Kier alpha value is -0.890. The third-order valence-electron chi connectivity index (χ3n) is 2.33. The Morgan fingerprint density at radius 3 is 2.75 bits per heavy atom. The predicted molar refractivity (Wildman–Crippen MR) is 46.9 cm³/mol. The Balaban J connectivity index is 2.08. The average Bonchev–Trinajstić information content (AvgIpc) is 2.74. The zero-order valence-electron chi connectivity index (χ0n) is 7.25. The van der Waals surface area contributed by atoms with E-state index in [0.29, 0.717) is 0 Å². The van der Waals surface area contributed by atoms with Crippen LogP contribution < -0.4 is 0 Å². The highest BCUT2D eigenvalue weighted by Crippen LogP contribution is 2.37. The summed E-state index contributed by atoms with van der Waals surface area (Å²) < 4.78 is 0. The van der Waals surface area contributed by atoms with E-state index in [1.165, 1.54) is 0 Å². The van der Waals surface area contributed by atoms with Crippen LogP contribution in [0, 0.1) is 6.92 Å². The second kappa shape index (κ2) is 2.56. The van der Waals surface area contributed by atoms with Crippen molar-refractivity contribution in [2.45, 2.75) is 31.8 Å². The second-order valence-corrected chi connectivity index (χ2v) is 3.71. The fourth-order valence-electron chi connectivity index (χ4n) is 1.30. The Kier molecular flexibility index (Phi) is 1.65. The first-order valence-electron chi connectivity index (χ1n) is 4.32. The topological polar surface area (TPSA) is 33.1 Å². The predicted octanol–water partition coefficient (Wildman–Crippen LogP) is 1.46. The summed E-state index contributed by atoms with van der Waals surface area (Å²) in [6.45, 7) is 1.97. The minimum atomic E-state index is -0.392. The molecule has 0 amide bonds. The van der Waals surface area contributed by atoms with Gasteiger partial charge in [0, 0.05) is 18.3 Å². The molecule has 1 N–H and O–H groups in total. The van der Waals surface area contributed by atoms with Crippen LogP contribution in [0.4, 0.5) is 0 Å². The lowest BCUT2D eigenvalue weighted by Gasteiger charge is -2.06. The quantitative estimate of drug-likeness (QED) is 0.716. The molecule has 0 bridgehead atoms. The summed E-state index contributed by atoms with van der Waals surface area (Å²) in [5.74, 6) is 0. The van der Waals surface area contributed by atoms with Gasteiger partial charge in [0.05, 0.1) is 5.60 Å². The average molecular weight is 163 g/mol. The van der Waals surface area contributed by atoms with Crippen LogP contribution in [0.2, 0.25) is 0 Å². The van der Waals surface area contributed by atoms with Gasteiger partial charge in [0.25, 0.3) is 0 Å². The summed E-state index contributed by atoms with van der Waals surface area (Å²) in [5.41, 5.74) is 1.78. The van der Waals surface area contributed by atoms with E-state index in [4.69, 9.17) is 0 Å². The molecular weight excluding hydrogens is 150 g/mol. The number of hydrogen-bond donors (Lipinski definition) is 1. The Morgan fingerprint density at radius 1 is 1.50 bits per heavy atom. The van der Waals surface area contributed by atoms with Crippen molar-refractivity contribution in [3.05, 3.63) is 29.6 Å². The molecule has 12 heavy (non-hydrogen) atoms. The maximum absolute atomic E-state index is 9.62. The molecule has 0 atom stereocenters. The lowest BCUT2D eigenvalue weighted by atomic mass is 10.1. The first kappa shape index (κ1) is 7.74. The molecule has 0 radical (unpaired) electrons. The molecule has 1 aliphatic rings. The molecule has 0 spiro atoms. The lowest BCUT2D eigenvalue weighted by molar-refractivity contribution is 0.151. The largest absolute Gasteiger partial charge is 0.390 e. The molecule has 2 nitrogen and oxygen atoms in total. The fraction of sp³-hybridized carbons (Fsp3) is 0.500. The van der Waals surface area contributed by atoms with Crippen molar-refractivity contribution in [2.24, 2.45) is 0 Å². The molecule has 1 aliphatic carbocycles. The van der Waals surface area contributed by atoms with Gasteiger partial charge in [0.15, 0.2) is 0 Å². The molecule has 0 aromatic carbocycles. The highest BCUT2D eigenvalue weighted by molar-refractivity contribution is 5.17. The van der Waals surface area contributed by atoms with Crippen LogP contribution in [0.15, 0.2) is 18.3 Å². The van der Waals surface area contributed by atoms with Gasteiger partial charge in [-0.15, -0.1) is 0 Å². The standard InChI is InChI=1S/C10H13NO/c1-8-2-3-9(7-11-8)6-10(12)4-5-10/h2-3,7,12H,4-6H2,1H3. The molecule has 1 saturated carbocycles. The number of aliphatic hydroxyl groups is 1. The number of aromatic nitrogens is 1. The van der Waals surface area contributed by atoms with Crippen molar-refractivity contribution in [3.63, 3.8) is 0 Å². The van der Waals surface area contributed by atoms with Crippen molar-refractivity contribution >= 4 is 0 Å². The summed E-state index contributed by atoms with van der Waals surface area (Å²) in [7, 11) is 0. The van der Waals surface area contributed by atoms with Crippen LogP contribution >= 0.6 is 0 Å². The summed E-state index contributed by atoms with van der Waals surface area (Å²) in [6, 6.07) is 4.03. The molecule has 0 aliphatic heterocycles. The van der Waals surface area contributed by atoms with E-state index >= 15 is 0 Å². The van der Waals surface area contributed by atoms with Crippen LogP contribution in [0.3, 0.4) is 0 Å². The summed E-state index contributed by atoms with van der Waals surface area (Å²) in [5, 5.41) is 9.62. The van der Waals surface area contributed by atoms with E-state index in [9.17, 15) is 5.11 Å². The minimum Gasteiger partial charge on any atom is -0.390 e. The van der Waals surface area contributed by atoms with Gasteiger partial charge >= 0.3 is 0 Å². The SMILES string of the molecule is Cc1ccc(CC2(O)CC2)cn1. The Morgan fingerprint density at radius 2 is 2.25 bits per heavy atom.